The first kappa shape index (κ1) is 19.7. The van der Waals surface area contributed by atoms with Crippen molar-refractivity contribution in [2.24, 2.45) is 0 Å². The van der Waals surface area contributed by atoms with Gasteiger partial charge in [-0.3, -0.25) is 4.79 Å². The average molecular weight is 319 g/mol. The zero-order valence-corrected chi connectivity index (χ0v) is 15.3. The maximum Gasteiger partial charge on any atom is 0.162 e. The molecule has 2 heteroatoms. The summed E-state index contributed by atoms with van der Waals surface area (Å²) in [5.41, 5.74) is 2.44. The number of aromatic hydroxyl groups is 1. The third-order valence-electron chi connectivity index (χ3n) is 4.59. The Labute approximate surface area is 142 Å². The summed E-state index contributed by atoms with van der Waals surface area (Å²) in [4.78, 5) is 12.3. The summed E-state index contributed by atoms with van der Waals surface area (Å²) in [5, 5.41) is 9.94. The van der Waals surface area contributed by atoms with Gasteiger partial charge in [0, 0.05) is 12.0 Å². The normalized spacial score (nSPS) is 10.9. The molecule has 0 atom stereocenters. The van der Waals surface area contributed by atoms with Crippen molar-refractivity contribution in [2.75, 3.05) is 0 Å². The minimum Gasteiger partial charge on any atom is -0.507 e. The molecule has 0 amide bonds. The maximum absolute atomic E-state index is 12.3. The molecule has 23 heavy (non-hydrogen) atoms. The van der Waals surface area contributed by atoms with E-state index in [1.54, 1.807) is 0 Å². The predicted octanol–water partition coefficient (Wildman–Crippen LogP) is 6.37. The van der Waals surface area contributed by atoms with Gasteiger partial charge in [-0.15, -0.1) is 0 Å². The molecule has 0 saturated heterocycles. The molecule has 0 bridgehead atoms. The first-order chi connectivity index (χ1) is 11.1. The number of phenolic OH excluding ortho intramolecular Hbond substituents is 1. The largest absolute Gasteiger partial charge is 0.507 e. The van der Waals surface area contributed by atoms with Crippen molar-refractivity contribution in [1.82, 2.24) is 0 Å². The van der Waals surface area contributed by atoms with Crippen molar-refractivity contribution in [3.05, 3.63) is 28.8 Å². The molecule has 0 aromatic heterocycles. The number of hydrogen-bond acceptors (Lipinski definition) is 2. The molecule has 2 nitrogen and oxygen atoms in total. The lowest BCUT2D eigenvalue weighted by molar-refractivity contribution is 0.0979. The Morgan fingerprint density at radius 2 is 1.48 bits per heavy atom. The fraction of sp³-hybridized carbons (Fsp3) is 0.667. The van der Waals surface area contributed by atoms with E-state index in [9.17, 15) is 9.90 Å². The van der Waals surface area contributed by atoms with E-state index in [-0.39, 0.29) is 5.78 Å². The second kappa shape index (κ2) is 11.3. The van der Waals surface area contributed by atoms with Crippen molar-refractivity contribution in [1.29, 1.82) is 0 Å². The number of carbonyl (C=O) groups excluding carboxylic acids is 1. The van der Waals surface area contributed by atoms with E-state index >= 15 is 0 Å². The maximum atomic E-state index is 12.3. The number of carbonyl (C=O) groups is 1. The zero-order chi connectivity index (χ0) is 17.1. The summed E-state index contributed by atoms with van der Waals surface area (Å²) in [6, 6.07) is 3.68. The highest BCUT2D eigenvalue weighted by molar-refractivity contribution is 5.96. The molecular formula is C21H34O2. The van der Waals surface area contributed by atoms with Gasteiger partial charge in [0.05, 0.1) is 0 Å². The van der Waals surface area contributed by atoms with E-state index < -0.39 is 0 Å². The van der Waals surface area contributed by atoms with Gasteiger partial charge in [-0.25, -0.2) is 0 Å². The first-order valence-electron chi connectivity index (χ1n) is 9.45. The highest BCUT2D eigenvalue weighted by Gasteiger charge is 2.11. The molecule has 1 aromatic carbocycles. The monoisotopic (exact) mass is 318 g/mol. The quantitative estimate of drug-likeness (QED) is 0.359. The molecule has 1 aromatic rings. The van der Waals surface area contributed by atoms with Gasteiger partial charge in [0.1, 0.15) is 5.75 Å². The van der Waals surface area contributed by atoms with Crippen molar-refractivity contribution in [2.45, 2.75) is 91.4 Å². The molecule has 0 aliphatic carbocycles. The topological polar surface area (TPSA) is 37.3 Å². The fourth-order valence-electron chi connectivity index (χ4n) is 3.02. The molecule has 0 radical (unpaired) electrons. The number of hydrogen-bond donors (Lipinski definition) is 1. The van der Waals surface area contributed by atoms with Crippen LogP contribution in [-0.2, 0) is 6.42 Å². The summed E-state index contributed by atoms with van der Waals surface area (Å²) < 4.78 is 0. The zero-order valence-electron chi connectivity index (χ0n) is 15.3. The van der Waals surface area contributed by atoms with Gasteiger partial charge in [-0.05, 0) is 43.0 Å². The lowest BCUT2D eigenvalue weighted by atomic mass is 9.97. The molecular weight excluding hydrogens is 284 g/mol. The molecule has 1 rings (SSSR count). The van der Waals surface area contributed by atoms with Crippen molar-refractivity contribution in [3.8, 4) is 5.75 Å². The van der Waals surface area contributed by atoms with Crippen LogP contribution in [0, 0.1) is 6.92 Å². The highest BCUT2D eigenvalue weighted by Crippen LogP contribution is 2.25. The van der Waals surface area contributed by atoms with Gasteiger partial charge in [-0.2, -0.15) is 0 Å². The number of ketones is 1. The number of Topliss-reactive ketones (excluding diaryl/α,β-unsaturated/α-hetero) is 1. The minimum absolute atomic E-state index is 0.214. The van der Waals surface area contributed by atoms with Gasteiger partial charge in [0.25, 0.3) is 0 Å². The predicted molar refractivity (Wildman–Crippen MR) is 98.4 cm³/mol. The SMILES string of the molecule is CCCCCCCCCCCC(=O)c1cc(C)c(O)c(CC)c1. The molecule has 0 aliphatic heterocycles. The lowest BCUT2D eigenvalue weighted by Gasteiger charge is -2.09. The molecule has 0 spiro atoms. The molecule has 0 aliphatic rings. The van der Waals surface area contributed by atoms with Crippen LogP contribution in [0.1, 0.15) is 99.5 Å². The van der Waals surface area contributed by atoms with Gasteiger partial charge in [0.2, 0.25) is 0 Å². The third-order valence-corrected chi connectivity index (χ3v) is 4.59. The van der Waals surface area contributed by atoms with Gasteiger partial charge in [-0.1, -0.05) is 65.2 Å². The Bertz CT molecular complexity index is 477. The van der Waals surface area contributed by atoms with E-state index in [4.69, 9.17) is 0 Å². The Hall–Kier alpha value is -1.31. The van der Waals surface area contributed by atoms with E-state index in [0.29, 0.717) is 12.2 Å². The van der Waals surface area contributed by atoms with Crippen LogP contribution < -0.4 is 0 Å². The molecule has 0 unspecified atom stereocenters. The van der Waals surface area contributed by atoms with Crippen LogP contribution in [0.4, 0.5) is 0 Å². The second-order valence-corrected chi connectivity index (χ2v) is 6.66. The Morgan fingerprint density at radius 3 is 2.04 bits per heavy atom. The van der Waals surface area contributed by atoms with Crippen LogP contribution in [0.3, 0.4) is 0 Å². The Balaban J connectivity index is 2.25. The van der Waals surface area contributed by atoms with Crippen molar-refractivity contribution < 1.29 is 9.90 Å². The molecule has 1 N–H and O–H groups in total. The van der Waals surface area contributed by atoms with Crippen LogP contribution in [0.5, 0.6) is 5.75 Å². The number of unbranched alkanes of at least 4 members (excludes halogenated alkanes) is 8. The Morgan fingerprint density at radius 1 is 0.913 bits per heavy atom. The minimum atomic E-state index is 0.214. The van der Waals surface area contributed by atoms with Crippen LogP contribution >= 0.6 is 0 Å². The smallest absolute Gasteiger partial charge is 0.162 e. The fourth-order valence-corrected chi connectivity index (χ4v) is 3.02. The number of phenols is 1. The van der Waals surface area contributed by atoms with Crippen LogP contribution in [-0.4, -0.2) is 10.9 Å². The van der Waals surface area contributed by atoms with E-state index in [1.807, 2.05) is 26.0 Å². The lowest BCUT2D eigenvalue weighted by Crippen LogP contribution is -2.01. The van der Waals surface area contributed by atoms with Gasteiger partial charge >= 0.3 is 0 Å². The number of rotatable bonds is 12. The van der Waals surface area contributed by atoms with Crippen LogP contribution in [0.2, 0.25) is 0 Å². The Kier molecular flexibility index (Phi) is 9.66. The van der Waals surface area contributed by atoms with Crippen LogP contribution in [0.25, 0.3) is 0 Å². The van der Waals surface area contributed by atoms with Crippen molar-refractivity contribution >= 4 is 5.78 Å². The van der Waals surface area contributed by atoms with E-state index in [0.717, 1.165) is 36.0 Å². The van der Waals surface area contributed by atoms with E-state index in [1.165, 1.54) is 44.9 Å². The van der Waals surface area contributed by atoms with Gasteiger partial charge in [0.15, 0.2) is 5.78 Å². The second-order valence-electron chi connectivity index (χ2n) is 6.66. The summed E-state index contributed by atoms with van der Waals surface area (Å²) >= 11 is 0. The highest BCUT2D eigenvalue weighted by atomic mass is 16.3. The summed E-state index contributed by atoms with van der Waals surface area (Å²) in [6.45, 7) is 6.11. The van der Waals surface area contributed by atoms with Crippen molar-refractivity contribution in [3.63, 3.8) is 0 Å². The van der Waals surface area contributed by atoms with Crippen LogP contribution in [0.15, 0.2) is 12.1 Å². The molecule has 0 fully saturated rings. The van der Waals surface area contributed by atoms with E-state index in [2.05, 4.69) is 6.92 Å². The van der Waals surface area contributed by atoms with Gasteiger partial charge < -0.3 is 5.11 Å². The third kappa shape index (κ3) is 7.20. The number of aryl methyl sites for hydroxylation is 2. The molecule has 130 valence electrons. The summed E-state index contributed by atoms with van der Waals surface area (Å²) in [7, 11) is 0. The first-order valence-corrected chi connectivity index (χ1v) is 9.45. The molecule has 0 saturated carbocycles. The standard InChI is InChI=1S/C21H34O2/c1-4-6-7-8-9-10-11-12-13-14-20(22)19-15-17(3)21(23)18(5-2)16-19/h15-16,23H,4-14H2,1-3H3. The number of benzene rings is 1. The molecule has 0 heterocycles. The summed E-state index contributed by atoms with van der Waals surface area (Å²) in [6.07, 6.45) is 12.8. The average Bonchev–Trinajstić information content (AvgIpc) is 2.55. The summed E-state index contributed by atoms with van der Waals surface area (Å²) in [5.74, 6) is 0.554.